The Hall–Kier alpha value is -2.71. The summed E-state index contributed by atoms with van der Waals surface area (Å²) in [6, 6.07) is 15.4. The molecule has 0 radical (unpaired) electrons. The van der Waals surface area contributed by atoms with Crippen molar-refractivity contribution in [3.8, 4) is 0 Å². The summed E-state index contributed by atoms with van der Waals surface area (Å²) in [5, 5.41) is 2.66. The van der Waals surface area contributed by atoms with Gasteiger partial charge in [-0.3, -0.25) is 9.59 Å². The Kier molecular flexibility index (Phi) is 8.35. The monoisotopic (exact) mass is 418 g/mol. The predicted octanol–water partition coefficient (Wildman–Crippen LogP) is 3.05. The second-order valence-electron chi connectivity index (χ2n) is 6.60. The number of ether oxygens (including phenoxy) is 1. The second-order valence-corrected chi connectivity index (χ2v) is 8.37. The molecule has 2 aromatic rings. The SMILES string of the molecule is CC[C@H](C)c1ccc(NC(=O)COC(=O)CCNS(=O)(=O)c2ccccc2)cc1. The van der Waals surface area contributed by atoms with Crippen LogP contribution in [0.4, 0.5) is 5.69 Å². The normalized spacial score (nSPS) is 12.2. The molecule has 0 unspecified atom stereocenters. The molecule has 2 rings (SSSR count). The first-order chi connectivity index (χ1) is 13.8. The lowest BCUT2D eigenvalue weighted by Crippen LogP contribution is -2.27. The Morgan fingerprint density at radius 1 is 1.03 bits per heavy atom. The van der Waals surface area contributed by atoms with Crippen LogP contribution in [0.5, 0.6) is 0 Å². The zero-order chi connectivity index (χ0) is 21.3. The van der Waals surface area contributed by atoms with Crippen molar-refractivity contribution >= 4 is 27.6 Å². The highest BCUT2D eigenvalue weighted by Gasteiger charge is 2.14. The number of hydrogen-bond acceptors (Lipinski definition) is 5. The fourth-order valence-electron chi connectivity index (χ4n) is 2.52. The van der Waals surface area contributed by atoms with E-state index in [0.29, 0.717) is 11.6 Å². The van der Waals surface area contributed by atoms with Gasteiger partial charge in [0.25, 0.3) is 5.91 Å². The molecule has 0 heterocycles. The third-order valence-electron chi connectivity index (χ3n) is 4.41. The van der Waals surface area contributed by atoms with Crippen molar-refractivity contribution in [3.05, 3.63) is 60.2 Å². The maximum Gasteiger partial charge on any atom is 0.307 e. The van der Waals surface area contributed by atoms with Gasteiger partial charge in [0.15, 0.2) is 6.61 Å². The maximum atomic E-state index is 12.0. The van der Waals surface area contributed by atoms with Crippen molar-refractivity contribution in [2.75, 3.05) is 18.5 Å². The second kappa shape index (κ2) is 10.7. The van der Waals surface area contributed by atoms with Crippen LogP contribution in [0.15, 0.2) is 59.5 Å². The number of benzene rings is 2. The molecule has 0 aliphatic carbocycles. The lowest BCUT2D eigenvalue weighted by atomic mass is 9.99. The third-order valence-corrected chi connectivity index (χ3v) is 5.89. The zero-order valence-corrected chi connectivity index (χ0v) is 17.4. The lowest BCUT2D eigenvalue weighted by molar-refractivity contribution is -0.147. The molecule has 1 amide bonds. The molecular weight excluding hydrogens is 392 g/mol. The summed E-state index contributed by atoms with van der Waals surface area (Å²) in [4.78, 5) is 23.8. The Bertz CT molecular complexity index is 912. The molecule has 0 spiro atoms. The van der Waals surface area contributed by atoms with Gasteiger partial charge in [-0.1, -0.05) is 44.2 Å². The van der Waals surface area contributed by atoms with E-state index in [1.807, 2.05) is 12.1 Å². The van der Waals surface area contributed by atoms with Crippen LogP contribution in [0.25, 0.3) is 0 Å². The van der Waals surface area contributed by atoms with Crippen LogP contribution in [0.3, 0.4) is 0 Å². The molecule has 0 aliphatic heterocycles. The molecule has 0 aliphatic rings. The zero-order valence-electron chi connectivity index (χ0n) is 16.6. The standard InChI is InChI=1S/C21H26N2O5S/c1-3-16(2)17-9-11-18(12-10-17)23-20(24)15-28-21(25)13-14-22-29(26,27)19-7-5-4-6-8-19/h4-12,16,22H,3,13-15H2,1-2H3,(H,23,24)/t16-/m0/s1. The summed E-state index contributed by atoms with van der Waals surface area (Å²) >= 11 is 0. The fraction of sp³-hybridized carbons (Fsp3) is 0.333. The number of carbonyl (C=O) groups excluding carboxylic acids is 2. The van der Waals surface area contributed by atoms with E-state index in [2.05, 4.69) is 23.9 Å². The Morgan fingerprint density at radius 2 is 1.69 bits per heavy atom. The summed E-state index contributed by atoms with van der Waals surface area (Å²) in [5.74, 6) is -0.678. The summed E-state index contributed by atoms with van der Waals surface area (Å²) < 4.78 is 31.3. The van der Waals surface area contributed by atoms with Crippen molar-refractivity contribution in [2.45, 2.75) is 37.5 Å². The highest BCUT2D eigenvalue weighted by molar-refractivity contribution is 7.89. The van der Waals surface area contributed by atoms with Crippen LogP contribution >= 0.6 is 0 Å². The topological polar surface area (TPSA) is 102 Å². The average molecular weight is 419 g/mol. The molecule has 2 N–H and O–H groups in total. The summed E-state index contributed by atoms with van der Waals surface area (Å²) in [5.41, 5.74) is 1.81. The molecule has 8 heteroatoms. The first-order valence-corrected chi connectivity index (χ1v) is 10.9. The molecule has 0 bridgehead atoms. The molecule has 1 atom stereocenters. The van der Waals surface area contributed by atoms with E-state index in [0.717, 1.165) is 6.42 Å². The van der Waals surface area contributed by atoms with Crippen molar-refractivity contribution in [1.82, 2.24) is 4.72 Å². The van der Waals surface area contributed by atoms with Gasteiger partial charge in [-0.15, -0.1) is 0 Å². The van der Waals surface area contributed by atoms with Crippen LogP contribution in [-0.4, -0.2) is 33.4 Å². The minimum atomic E-state index is -3.68. The number of sulfonamides is 1. The molecule has 2 aromatic carbocycles. The Labute approximate surface area is 171 Å². The predicted molar refractivity (Wildman–Crippen MR) is 111 cm³/mol. The quantitative estimate of drug-likeness (QED) is 0.578. The van der Waals surface area contributed by atoms with Gasteiger partial charge in [-0.25, -0.2) is 13.1 Å². The van der Waals surface area contributed by atoms with Crippen LogP contribution in [0.2, 0.25) is 0 Å². The van der Waals surface area contributed by atoms with E-state index in [4.69, 9.17) is 4.74 Å². The lowest BCUT2D eigenvalue weighted by Gasteiger charge is -2.11. The first-order valence-electron chi connectivity index (χ1n) is 9.42. The van der Waals surface area contributed by atoms with Crippen LogP contribution in [0, 0.1) is 0 Å². The van der Waals surface area contributed by atoms with E-state index >= 15 is 0 Å². The van der Waals surface area contributed by atoms with Gasteiger partial charge in [0.2, 0.25) is 10.0 Å². The number of anilines is 1. The number of hydrogen-bond donors (Lipinski definition) is 2. The number of amides is 1. The van der Waals surface area contributed by atoms with Crippen LogP contribution in [-0.2, 0) is 24.3 Å². The molecule has 0 aromatic heterocycles. The Balaban J connectivity index is 1.71. The van der Waals surface area contributed by atoms with Gasteiger partial charge < -0.3 is 10.1 Å². The largest absolute Gasteiger partial charge is 0.456 e. The Morgan fingerprint density at radius 3 is 2.31 bits per heavy atom. The summed E-state index contributed by atoms with van der Waals surface area (Å²) in [6.07, 6.45) is 0.853. The number of rotatable bonds is 10. The minimum Gasteiger partial charge on any atom is -0.456 e. The van der Waals surface area contributed by atoms with E-state index in [1.165, 1.54) is 17.7 Å². The van der Waals surface area contributed by atoms with E-state index in [-0.39, 0.29) is 17.9 Å². The molecular formula is C21H26N2O5S. The summed E-state index contributed by atoms with van der Waals surface area (Å²) in [6.45, 7) is 3.69. The fourth-order valence-corrected chi connectivity index (χ4v) is 3.57. The number of carbonyl (C=O) groups is 2. The molecule has 0 fully saturated rings. The van der Waals surface area contributed by atoms with Crippen molar-refractivity contribution in [3.63, 3.8) is 0 Å². The highest BCUT2D eigenvalue weighted by atomic mass is 32.2. The average Bonchev–Trinajstić information content (AvgIpc) is 2.73. The van der Waals surface area contributed by atoms with Crippen LogP contribution < -0.4 is 10.0 Å². The molecule has 0 saturated carbocycles. The van der Waals surface area contributed by atoms with Gasteiger partial charge >= 0.3 is 5.97 Å². The smallest absolute Gasteiger partial charge is 0.307 e. The van der Waals surface area contributed by atoms with Gasteiger partial charge in [-0.2, -0.15) is 0 Å². The molecule has 7 nitrogen and oxygen atoms in total. The molecule has 0 saturated heterocycles. The minimum absolute atomic E-state index is 0.116. The van der Waals surface area contributed by atoms with Crippen molar-refractivity contribution < 1.29 is 22.7 Å². The summed E-state index contributed by atoms with van der Waals surface area (Å²) in [7, 11) is -3.68. The molecule has 156 valence electrons. The molecule has 29 heavy (non-hydrogen) atoms. The van der Waals surface area contributed by atoms with Crippen molar-refractivity contribution in [2.24, 2.45) is 0 Å². The van der Waals surface area contributed by atoms with Gasteiger partial charge in [0.1, 0.15) is 0 Å². The number of nitrogens with one attached hydrogen (secondary N) is 2. The maximum absolute atomic E-state index is 12.0. The number of esters is 1. The van der Waals surface area contributed by atoms with E-state index in [9.17, 15) is 18.0 Å². The van der Waals surface area contributed by atoms with E-state index < -0.39 is 28.5 Å². The third kappa shape index (κ3) is 7.32. The van der Waals surface area contributed by atoms with Gasteiger partial charge in [0, 0.05) is 12.2 Å². The van der Waals surface area contributed by atoms with Gasteiger partial charge in [-0.05, 0) is 42.2 Å². The first kappa shape index (κ1) is 22.6. The van der Waals surface area contributed by atoms with Crippen molar-refractivity contribution in [1.29, 1.82) is 0 Å². The van der Waals surface area contributed by atoms with Crippen LogP contribution in [0.1, 0.15) is 38.2 Å². The van der Waals surface area contributed by atoms with E-state index in [1.54, 1.807) is 30.3 Å². The highest BCUT2D eigenvalue weighted by Crippen LogP contribution is 2.20. The van der Waals surface area contributed by atoms with Gasteiger partial charge in [0.05, 0.1) is 11.3 Å².